The van der Waals surface area contributed by atoms with Crippen LogP contribution in [0.25, 0.3) is 0 Å². The maximum Gasteiger partial charge on any atom is 0.243 e. The maximum atomic E-state index is 13.6. The fourth-order valence-corrected chi connectivity index (χ4v) is 5.86. The van der Waals surface area contributed by atoms with E-state index in [2.05, 4.69) is 11.8 Å². The molecule has 0 radical (unpaired) electrons. The van der Waals surface area contributed by atoms with Gasteiger partial charge in [-0.15, -0.1) is 0 Å². The molecule has 3 rings (SSSR count). The number of likely N-dealkylation sites (tertiary alicyclic amines) is 1. The Hall–Kier alpha value is -1.48. The number of sulfonamides is 1. The van der Waals surface area contributed by atoms with E-state index in [9.17, 15) is 13.2 Å². The van der Waals surface area contributed by atoms with E-state index in [0.717, 1.165) is 43.6 Å². The first-order valence-corrected chi connectivity index (χ1v) is 12.0. The molecule has 0 saturated carbocycles. The molecule has 0 spiro atoms. The Balaban J connectivity index is 1.89. The highest BCUT2D eigenvalue weighted by Crippen LogP contribution is 2.32. The highest BCUT2D eigenvalue weighted by atomic mass is 32.2. The van der Waals surface area contributed by atoms with Crippen LogP contribution in [0.4, 0.5) is 5.69 Å². The first-order chi connectivity index (χ1) is 13.7. The van der Waals surface area contributed by atoms with Crippen molar-refractivity contribution in [1.29, 1.82) is 0 Å². The fourth-order valence-electron chi connectivity index (χ4n) is 4.37. The molecule has 1 aromatic rings. The SMILES string of the molecule is CCN1CCCC1CN(CCN(C)C)S(=O)(=O)c1ccc2c(c1)N(C(C)=O)CC2. The number of carbonyl (C=O) groups excluding carboxylic acids is 1. The van der Waals surface area contributed by atoms with Gasteiger partial charge < -0.3 is 9.80 Å². The molecule has 0 aliphatic carbocycles. The lowest BCUT2D eigenvalue weighted by Crippen LogP contribution is -2.45. The number of amides is 1. The summed E-state index contributed by atoms with van der Waals surface area (Å²) in [5, 5.41) is 0. The molecule has 1 atom stereocenters. The zero-order valence-electron chi connectivity index (χ0n) is 18.1. The predicted octanol–water partition coefficient (Wildman–Crippen LogP) is 1.63. The van der Waals surface area contributed by atoms with Crippen molar-refractivity contribution >= 4 is 21.6 Å². The molecule has 0 bridgehead atoms. The fraction of sp³-hybridized carbons (Fsp3) is 0.667. The Morgan fingerprint density at radius 1 is 1.21 bits per heavy atom. The zero-order chi connectivity index (χ0) is 21.2. The van der Waals surface area contributed by atoms with Gasteiger partial charge >= 0.3 is 0 Å². The summed E-state index contributed by atoms with van der Waals surface area (Å²) in [6.07, 6.45) is 2.92. The number of benzene rings is 1. The van der Waals surface area contributed by atoms with Crippen LogP contribution in [0.15, 0.2) is 23.1 Å². The van der Waals surface area contributed by atoms with Crippen LogP contribution in [0, 0.1) is 0 Å². The van der Waals surface area contributed by atoms with E-state index in [4.69, 9.17) is 0 Å². The van der Waals surface area contributed by atoms with Crippen LogP contribution in [-0.2, 0) is 21.2 Å². The molecule has 1 aromatic carbocycles. The molecule has 0 aromatic heterocycles. The summed E-state index contributed by atoms with van der Waals surface area (Å²) in [5.74, 6) is -0.0488. The van der Waals surface area contributed by atoms with Crippen molar-refractivity contribution in [3.05, 3.63) is 23.8 Å². The van der Waals surface area contributed by atoms with Crippen LogP contribution in [-0.4, -0.2) is 87.8 Å². The van der Waals surface area contributed by atoms with Gasteiger partial charge in [-0.1, -0.05) is 13.0 Å². The summed E-state index contributed by atoms with van der Waals surface area (Å²) in [7, 11) is 0.270. The van der Waals surface area contributed by atoms with Crippen molar-refractivity contribution < 1.29 is 13.2 Å². The van der Waals surface area contributed by atoms with E-state index in [1.165, 1.54) is 6.92 Å². The molecule has 1 saturated heterocycles. The van der Waals surface area contributed by atoms with Crippen LogP contribution >= 0.6 is 0 Å². The molecule has 7 nitrogen and oxygen atoms in total. The largest absolute Gasteiger partial charge is 0.312 e. The molecular weight excluding hydrogens is 388 g/mol. The van der Waals surface area contributed by atoms with E-state index in [0.29, 0.717) is 26.2 Å². The third-order valence-corrected chi connectivity index (χ3v) is 7.95. The standard InChI is InChI=1S/C21H34N4O3S/c1-5-23-11-6-7-19(23)16-24(14-13-22(3)4)29(27,28)20-9-8-18-10-12-25(17(2)26)21(18)15-20/h8-9,15,19H,5-7,10-14,16H2,1-4H3. The molecule has 2 heterocycles. The Labute approximate surface area is 175 Å². The molecule has 2 aliphatic heterocycles. The molecule has 0 N–H and O–H groups in total. The summed E-state index contributed by atoms with van der Waals surface area (Å²) < 4.78 is 28.8. The van der Waals surface area contributed by atoms with Crippen molar-refractivity contribution in [3.63, 3.8) is 0 Å². The minimum atomic E-state index is -3.64. The van der Waals surface area contributed by atoms with Gasteiger partial charge in [-0.2, -0.15) is 4.31 Å². The third-order valence-electron chi connectivity index (χ3n) is 6.09. The smallest absolute Gasteiger partial charge is 0.243 e. The van der Waals surface area contributed by atoms with Gasteiger partial charge in [0.25, 0.3) is 0 Å². The average Bonchev–Trinajstić information content (AvgIpc) is 3.30. The quantitative estimate of drug-likeness (QED) is 0.637. The van der Waals surface area contributed by atoms with Gasteiger partial charge in [0.05, 0.1) is 4.90 Å². The number of rotatable bonds is 8. The molecular formula is C21H34N4O3S. The third kappa shape index (κ3) is 4.82. The van der Waals surface area contributed by atoms with Gasteiger partial charge in [-0.05, 0) is 64.1 Å². The van der Waals surface area contributed by atoms with E-state index in [-0.39, 0.29) is 16.8 Å². The molecule has 29 heavy (non-hydrogen) atoms. The Bertz CT molecular complexity index is 840. The van der Waals surface area contributed by atoms with Crippen molar-refractivity contribution in [3.8, 4) is 0 Å². The number of hydrogen-bond acceptors (Lipinski definition) is 5. The minimum Gasteiger partial charge on any atom is -0.312 e. The number of anilines is 1. The number of fused-ring (bicyclic) bond motifs is 1. The van der Waals surface area contributed by atoms with E-state index in [1.54, 1.807) is 21.3 Å². The number of hydrogen-bond donors (Lipinski definition) is 0. The highest BCUT2D eigenvalue weighted by Gasteiger charge is 2.33. The van der Waals surface area contributed by atoms with Crippen LogP contribution in [0.1, 0.15) is 32.3 Å². The molecule has 1 unspecified atom stereocenters. The first kappa shape index (κ1) is 22.2. The van der Waals surface area contributed by atoms with Crippen LogP contribution in [0.5, 0.6) is 0 Å². The van der Waals surface area contributed by atoms with Gasteiger partial charge in [0.2, 0.25) is 15.9 Å². The summed E-state index contributed by atoms with van der Waals surface area (Å²) in [5.41, 5.74) is 1.77. The van der Waals surface area contributed by atoms with Gasteiger partial charge in [-0.25, -0.2) is 8.42 Å². The average molecular weight is 423 g/mol. The lowest BCUT2D eigenvalue weighted by atomic mass is 10.2. The monoisotopic (exact) mass is 422 g/mol. The Kier molecular flexibility index (Phi) is 6.98. The summed E-state index contributed by atoms with van der Waals surface area (Å²) >= 11 is 0. The maximum absolute atomic E-state index is 13.6. The molecule has 1 fully saturated rings. The predicted molar refractivity (Wildman–Crippen MR) is 116 cm³/mol. The van der Waals surface area contributed by atoms with Crippen molar-refractivity contribution in [2.75, 3.05) is 58.3 Å². The van der Waals surface area contributed by atoms with Crippen molar-refractivity contribution in [2.45, 2.75) is 44.0 Å². The van der Waals surface area contributed by atoms with Gasteiger partial charge in [0.1, 0.15) is 0 Å². The molecule has 2 aliphatic rings. The van der Waals surface area contributed by atoms with Gasteiger partial charge in [0.15, 0.2) is 0 Å². The van der Waals surface area contributed by atoms with Crippen LogP contribution < -0.4 is 4.90 Å². The second kappa shape index (κ2) is 9.12. The lowest BCUT2D eigenvalue weighted by Gasteiger charge is -2.30. The minimum absolute atomic E-state index is 0.0488. The number of carbonyl (C=O) groups is 1. The van der Waals surface area contributed by atoms with Crippen LogP contribution in [0.2, 0.25) is 0 Å². The van der Waals surface area contributed by atoms with Crippen LogP contribution in [0.3, 0.4) is 0 Å². The Morgan fingerprint density at radius 2 is 1.97 bits per heavy atom. The zero-order valence-corrected chi connectivity index (χ0v) is 18.9. The van der Waals surface area contributed by atoms with E-state index < -0.39 is 10.0 Å². The van der Waals surface area contributed by atoms with Crippen molar-refractivity contribution in [2.24, 2.45) is 0 Å². The lowest BCUT2D eigenvalue weighted by molar-refractivity contribution is -0.116. The molecule has 1 amide bonds. The van der Waals surface area contributed by atoms with Gasteiger partial charge in [0, 0.05) is 44.8 Å². The molecule has 162 valence electrons. The second-order valence-corrected chi connectivity index (χ2v) is 10.2. The first-order valence-electron chi connectivity index (χ1n) is 10.5. The Morgan fingerprint density at radius 3 is 2.62 bits per heavy atom. The highest BCUT2D eigenvalue weighted by molar-refractivity contribution is 7.89. The van der Waals surface area contributed by atoms with E-state index >= 15 is 0 Å². The topological polar surface area (TPSA) is 64.2 Å². The normalized spacial score (nSPS) is 20.1. The summed E-state index contributed by atoms with van der Waals surface area (Å²) in [4.78, 5) is 18.3. The summed E-state index contributed by atoms with van der Waals surface area (Å²) in [6.45, 7) is 7.89. The number of nitrogens with zero attached hydrogens (tertiary/aromatic N) is 4. The van der Waals surface area contributed by atoms with E-state index in [1.807, 2.05) is 25.1 Å². The van der Waals surface area contributed by atoms with Gasteiger partial charge in [-0.3, -0.25) is 9.69 Å². The van der Waals surface area contributed by atoms with Crippen molar-refractivity contribution in [1.82, 2.24) is 14.1 Å². The molecule has 8 heteroatoms. The number of likely N-dealkylation sites (N-methyl/N-ethyl adjacent to an activating group) is 2. The summed E-state index contributed by atoms with van der Waals surface area (Å²) in [6, 6.07) is 5.52. The second-order valence-electron chi connectivity index (χ2n) is 8.30.